The van der Waals surface area contributed by atoms with Crippen molar-refractivity contribution in [1.29, 1.82) is 5.26 Å². The number of nitriles is 1. The predicted molar refractivity (Wildman–Crippen MR) is 89.1 cm³/mol. The lowest BCUT2D eigenvalue weighted by Gasteiger charge is -2.06. The topological polar surface area (TPSA) is 83.9 Å². The smallest absolute Gasteiger partial charge is 0.291 e. The molecule has 0 atom stereocenters. The zero-order chi connectivity index (χ0) is 20.3. The first-order valence-corrected chi connectivity index (χ1v) is 7.92. The molecule has 3 aromatic rings. The van der Waals surface area contributed by atoms with Gasteiger partial charge in [-0.2, -0.15) is 10.4 Å². The van der Waals surface area contributed by atoms with E-state index in [9.17, 15) is 22.4 Å². The Morgan fingerprint density at radius 2 is 1.93 bits per heavy atom. The molecule has 3 rings (SSSR count). The van der Waals surface area contributed by atoms with Gasteiger partial charge in [0.1, 0.15) is 23.2 Å². The van der Waals surface area contributed by atoms with Gasteiger partial charge in [-0.05, 0) is 30.3 Å². The van der Waals surface area contributed by atoms with Crippen LogP contribution >= 0.6 is 0 Å². The zero-order valence-electron chi connectivity index (χ0n) is 14.1. The number of para-hydroxylation sites is 1. The minimum absolute atomic E-state index is 0.0736. The molecule has 0 fully saturated rings. The number of furan rings is 1. The molecule has 6 nitrogen and oxygen atoms in total. The van der Waals surface area contributed by atoms with Crippen molar-refractivity contribution in [3.8, 4) is 6.07 Å². The number of benzene rings is 1. The lowest BCUT2D eigenvalue weighted by atomic mass is 10.2. The number of aromatic nitrogens is 2. The van der Waals surface area contributed by atoms with Crippen molar-refractivity contribution < 1.29 is 26.8 Å². The van der Waals surface area contributed by atoms with E-state index >= 15 is 0 Å². The number of nitrogens with zero attached hydrogens (tertiary/aromatic N) is 3. The summed E-state index contributed by atoms with van der Waals surface area (Å²) in [5, 5.41) is 15.0. The van der Waals surface area contributed by atoms with Gasteiger partial charge in [0.25, 0.3) is 18.8 Å². The number of hydrogen-bond acceptors (Lipinski definition) is 4. The van der Waals surface area contributed by atoms with Gasteiger partial charge >= 0.3 is 0 Å². The summed E-state index contributed by atoms with van der Waals surface area (Å²) >= 11 is 0. The first kappa shape index (κ1) is 19.2. The third kappa shape index (κ3) is 4.03. The van der Waals surface area contributed by atoms with Gasteiger partial charge in [-0.3, -0.25) is 9.48 Å². The van der Waals surface area contributed by atoms with Crippen LogP contribution in [0.15, 0.2) is 46.9 Å². The number of anilines is 1. The van der Waals surface area contributed by atoms with Gasteiger partial charge in [-0.1, -0.05) is 12.1 Å². The summed E-state index contributed by atoms with van der Waals surface area (Å²) < 4.78 is 57.5. The molecular formula is C18H12F4N4O2. The van der Waals surface area contributed by atoms with E-state index in [0.29, 0.717) is 10.7 Å². The van der Waals surface area contributed by atoms with Crippen molar-refractivity contribution in [2.45, 2.75) is 19.4 Å². The number of halogens is 4. The lowest BCUT2D eigenvalue weighted by molar-refractivity contribution is 0.0994. The van der Waals surface area contributed by atoms with Crippen molar-refractivity contribution in [3.05, 3.63) is 70.9 Å². The van der Waals surface area contributed by atoms with Crippen molar-refractivity contribution in [1.82, 2.24) is 9.78 Å². The average Bonchev–Trinajstić information content (AvgIpc) is 3.30. The Morgan fingerprint density at radius 3 is 2.61 bits per heavy atom. The number of alkyl halides is 4. The summed E-state index contributed by atoms with van der Waals surface area (Å²) in [4.78, 5) is 12.3. The molecule has 0 saturated heterocycles. The van der Waals surface area contributed by atoms with Crippen LogP contribution in [0.5, 0.6) is 0 Å². The third-order valence-corrected chi connectivity index (χ3v) is 3.76. The van der Waals surface area contributed by atoms with Crippen molar-refractivity contribution >= 4 is 11.6 Å². The number of amides is 1. The standard InChI is InChI=1S/C18H12F4N4O2/c19-16(20)13-7-14(17(21)22)26(25-13)9-11-5-6-15(28-11)18(27)24-12-4-2-1-3-10(12)8-23/h1-7,16-17H,9H2,(H,24,27). The molecule has 2 aromatic heterocycles. The van der Waals surface area contributed by atoms with E-state index in [1.165, 1.54) is 24.3 Å². The van der Waals surface area contributed by atoms with Crippen LogP contribution in [0, 0.1) is 11.3 Å². The first-order valence-electron chi connectivity index (χ1n) is 7.92. The van der Waals surface area contributed by atoms with Gasteiger partial charge in [0.05, 0.1) is 17.8 Å². The Bertz CT molecular complexity index is 1040. The van der Waals surface area contributed by atoms with Crippen LogP contribution in [0.1, 0.15) is 46.1 Å². The predicted octanol–water partition coefficient (Wildman–Crippen LogP) is 4.52. The van der Waals surface area contributed by atoms with E-state index in [4.69, 9.17) is 9.68 Å². The highest BCUT2D eigenvalue weighted by atomic mass is 19.3. The van der Waals surface area contributed by atoms with Crippen molar-refractivity contribution in [2.24, 2.45) is 0 Å². The maximum absolute atomic E-state index is 13.0. The van der Waals surface area contributed by atoms with Crippen molar-refractivity contribution in [2.75, 3.05) is 5.32 Å². The van der Waals surface area contributed by atoms with E-state index in [-0.39, 0.29) is 29.3 Å². The molecule has 0 spiro atoms. The fraction of sp³-hybridized carbons (Fsp3) is 0.167. The molecule has 0 aliphatic carbocycles. The lowest BCUT2D eigenvalue weighted by Crippen LogP contribution is -2.12. The molecule has 0 radical (unpaired) electrons. The molecule has 1 amide bonds. The van der Waals surface area contributed by atoms with Crippen LogP contribution < -0.4 is 5.32 Å². The minimum atomic E-state index is -3.00. The SMILES string of the molecule is N#Cc1ccccc1NC(=O)c1ccc(Cn2nc(C(F)F)cc2C(F)F)o1. The van der Waals surface area contributed by atoms with Crippen LogP contribution in [0.4, 0.5) is 23.2 Å². The summed E-state index contributed by atoms with van der Waals surface area (Å²) in [7, 11) is 0. The minimum Gasteiger partial charge on any atom is -0.454 e. The molecule has 0 aliphatic rings. The van der Waals surface area contributed by atoms with E-state index in [0.717, 1.165) is 0 Å². The van der Waals surface area contributed by atoms with Gasteiger partial charge in [0.2, 0.25) is 0 Å². The largest absolute Gasteiger partial charge is 0.454 e. The summed E-state index contributed by atoms with van der Waals surface area (Å²) in [6.07, 6.45) is -5.99. The molecule has 2 heterocycles. The van der Waals surface area contributed by atoms with E-state index in [1.54, 1.807) is 12.1 Å². The van der Waals surface area contributed by atoms with Crippen LogP contribution in [0.25, 0.3) is 0 Å². The maximum atomic E-state index is 13.0. The van der Waals surface area contributed by atoms with Crippen LogP contribution in [0.3, 0.4) is 0 Å². The Balaban J connectivity index is 1.78. The molecule has 1 aromatic carbocycles. The van der Waals surface area contributed by atoms with Crippen LogP contribution in [-0.4, -0.2) is 15.7 Å². The average molecular weight is 392 g/mol. The second-order valence-electron chi connectivity index (χ2n) is 5.63. The number of rotatable bonds is 6. The first-order chi connectivity index (χ1) is 13.4. The zero-order valence-corrected chi connectivity index (χ0v) is 14.1. The molecule has 0 saturated carbocycles. The number of nitrogens with one attached hydrogen (secondary N) is 1. The summed E-state index contributed by atoms with van der Waals surface area (Å²) in [6, 6.07) is 11.5. The second-order valence-corrected chi connectivity index (χ2v) is 5.63. The van der Waals surface area contributed by atoms with Gasteiger partial charge in [0, 0.05) is 0 Å². The Hall–Kier alpha value is -3.61. The summed E-state index contributed by atoms with van der Waals surface area (Å²) in [5.41, 5.74) is -0.921. The van der Waals surface area contributed by atoms with Gasteiger partial charge < -0.3 is 9.73 Å². The number of carbonyl (C=O) groups excluding carboxylic acids is 1. The molecule has 144 valence electrons. The molecule has 0 bridgehead atoms. The molecule has 10 heteroatoms. The second kappa shape index (κ2) is 7.96. The van der Waals surface area contributed by atoms with Gasteiger partial charge in [0.15, 0.2) is 5.76 Å². The summed E-state index contributed by atoms with van der Waals surface area (Å²) in [5.74, 6) is -0.719. The van der Waals surface area contributed by atoms with E-state index in [2.05, 4.69) is 10.4 Å². The van der Waals surface area contributed by atoms with Gasteiger partial charge in [-0.25, -0.2) is 17.6 Å². The fourth-order valence-corrected chi connectivity index (χ4v) is 2.47. The highest BCUT2D eigenvalue weighted by molar-refractivity contribution is 6.03. The molecule has 0 unspecified atom stereocenters. The summed E-state index contributed by atoms with van der Waals surface area (Å²) in [6.45, 7) is -0.353. The fourth-order valence-electron chi connectivity index (χ4n) is 2.47. The highest BCUT2D eigenvalue weighted by Crippen LogP contribution is 2.26. The highest BCUT2D eigenvalue weighted by Gasteiger charge is 2.22. The molecule has 1 N–H and O–H groups in total. The Morgan fingerprint density at radius 1 is 1.18 bits per heavy atom. The van der Waals surface area contributed by atoms with Crippen LogP contribution in [-0.2, 0) is 6.54 Å². The normalized spacial score (nSPS) is 11.0. The Kier molecular flexibility index (Phi) is 5.44. The van der Waals surface area contributed by atoms with E-state index in [1.807, 2.05) is 6.07 Å². The molecular weight excluding hydrogens is 380 g/mol. The van der Waals surface area contributed by atoms with Crippen molar-refractivity contribution in [3.63, 3.8) is 0 Å². The number of hydrogen-bond donors (Lipinski definition) is 1. The third-order valence-electron chi connectivity index (χ3n) is 3.76. The quantitative estimate of drug-likeness (QED) is 0.625. The Labute approximate surface area is 156 Å². The maximum Gasteiger partial charge on any atom is 0.291 e. The molecule has 0 aliphatic heterocycles. The van der Waals surface area contributed by atoms with E-state index < -0.39 is 30.1 Å². The number of carbonyl (C=O) groups is 1. The van der Waals surface area contributed by atoms with Crippen LogP contribution in [0.2, 0.25) is 0 Å². The molecule has 28 heavy (non-hydrogen) atoms. The van der Waals surface area contributed by atoms with Gasteiger partial charge in [-0.15, -0.1) is 0 Å². The monoisotopic (exact) mass is 392 g/mol.